The van der Waals surface area contributed by atoms with Crippen LogP contribution in [0, 0.1) is 0 Å². The summed E-state index contributed by atoms with van der Waals surface area (Å²) in [5, 5.41) is 4.71. The number of hydrogen-bond donors (Lipinski definition) is 0. The third kappa shape index (κ3) is 5.26. The number of anilines is 6. The summed E-state index contributed by atoms with van der Waals surface area (Å²) < 4.78 is 16.3. The van der Waals surface area contributed by atoms with Crippen LogP contribution in [0.1, 0.15) is 22.3 Å². The molecule has 10 aromatic carbocycles. The molecule has 0 radical (unpaired) electrons. The Morgan fingerprint density at radius 3 is 1.83 bits per heavy atom. The number of ether oxygens (including phenoxy) is 1. The van der Waals surface area contributed by atoms with Gasteiger partial charge in [-0.25, -0.2) is 0 Å². The van der Waals surface area contributed by atoms with E-state index >= 15 is 0 Å². The lowest BCUT2D eigenvalue weighted by Gasteiger charge is -2.41. The second kappa shape index (κ2) is 14.3. The summed E-state index contributed by atoms with van der Waals surface area (Å²) in [6.45, 7) is 0. The number of hydrogen-bond acceptors (Lipinski definition) is 5. The molecule has 5 heteroatoms. The van der Waals surface area contributed by atoms with E-state index in [1.807, 2.05) is 23.5 Å². The second-order valence-corrected chi connectivity index (χ2v) is 18.2. The maximum Gasteiger partial charge on any atom is 0.156 e. The highest BCUT2D eigenvalue weighted by Gasteiger charge is 2.52. The molecule has 14 rings (SSSR count). The lowest BCUT2D eigenvalue weighted by atomic mass is 9.66. The van der Waals surface area contributed by atoms with Crippen molar-refractivity contribution in [3.63, 3.8) is 0 Å². The molecule has 0 bridgehead atoms. The van der Waals surface area contributed by atoms with E-state index in [1.165, 1.54) is 42.4 Å². The normalized spacial score (nSPS) is 14.5. The van der Waals surface area contributed by atoms with E-state index in [2.05, 4.69) is 228 Å². The van der Waals surface area contributed by atoms with Crippen molar-refractivity contribution in [3.05, 3.63) is 253 Å². The number of furan rings is 1. The van der Waals surface area contributed by atoms with E-state index in [0.717, 1.165) is 78.7 Å². The molecule has 3 heterocycles. The molecule has 0 N–H and O–H groups in total. The van der Waals surface area contributed by atoms with Crippen LogP contribution in [0.2, 0.25) is 0 Å². The molecule has 1 aliphatic heterocycles. The summed E-state index contributed by atoms with van der Waals surface area (Å²) in [5.74, 6) is 1.66. The molecule has 310 valence electrons. The SMILES string of the molecule is c1ccc(N(c2ccc3c(c2)-c2ccccc2C32c3ccccc3Oc3c(N(c4ccccc4)c4cccc5oc6ccccc6c45)cccc32)c2ccc3c(c2)sc2ccccc23)cc1. The van der Waals surface area contributed by atoms with Crippen molar-refractivity contribution in [1.82, 2.24) is 0 Å². The minimum absolute atomic E-state index is 0.686. The Kier molecular flexibility index (Phi) is 8.03. The van der Waals surface area contributed by atoms with E-state index in [0.29, 0.717) is 0 Å². The summed E-state index contributed by atoms with van der Waals surface area (Å²) in [7, 11) is 0. The van der Waals surface area contributed by atoms with Gasteiger partial charge in [-0.3, -0.25) is 0 Å². The van der Waals surface area contributed by atoms with Gasteiger partial charge in [-0.15, -0.1) is 11.3 Å². The number of para-hydroxylation sites is 5. The van der Waals surface area contributed by atoms with E-state index in [-0.39, 0.29) is 0 Å². The van der Waals surface area contributed by atoms with Crippen LogP contribution >= 0.6 is 11.3 Å². The predicted molar refractivity (Wildman–Crippen MR) is 273 cm³/mol. The second-order valence-electron chi connectivity index (χ2n) is 17.1. The number of benzene rings is 10. The zero-order valence-corrected chi connectivity index (χ0v) is 36.4. The largest absolute Gasteiger partial charge is 0.456 e. The number of rotatable bonds is 6. The van der Waals surface area contributed by atoms with Crippen molar-refractivity contribution in [2.45, 2.75) is 5.41 Å². The highest BCUT2D eigenvalue weighted by Crippen LogP contribution is 2.64. The van der Waals surface area contributed by atoms with Crippen molar-refractivity contribution in [1.29, 1.82) is 0 Å². The van der Waals surface area contributed by atoms with E-state index in [4.69, 9.17) is 9.15 Å². The predicted octanol–water partition coefficient (Wildman–Crippen LogP) is 17.4. The van der Waals surface area contributed by atoms with Gasteiger partial charge in [0.15, 0.2) is 5.75 Å². The van der Waals surface area contributed by atoms with E-state index in [1.54, 1.807) is 0 Å². The molecule has 0 amide bonds. The maximum absolute atomic E-state index is 7.29. The zero-order chi connectivity index (χ0) is 43.3. The molecule has 66 heavy (non-hydrogen) atoms. The van der Waals surface area contributed by atoms with Gasteiger partial charge in [0.2, 0.25) is 0 Å². The van der Waals surface area contributed by atoms with Gasteiger partial charge in [0, 0.05) is 59.4 Å². The topological polar surface area (TPSA) is 28.9 Å². The quantitative estimate of drug-likeness (QED) is 0.167. The maximum atomic E-state index is 7.29. The first-order valence-electron chi connectivity index (χ1n) is 22.4. The minimum Gasteiger partial charge on any atom is -0.456 e. The van der Waals surface area contributed by atoms with Gasteiger partial charge in [0.1, 0.15) is 16.9 Å². The van der Waals surface area contributed by atoms with Crippen molar-refractivity contribution in [3.8, 4) is 22.6 Å². The lowest BCUT2D eigenvalue weighted by molar-refractivity contribution is 0.437. The number of fused-ring (bicyclic) bond motifs is 15. The third-order valence-corrected chi connectivity index (χ3v) is 14.8. The Bertz CT molecular complexity index is 3890. The van der Waals surface area contributed by atoms with Crippen LogP contribution in [0.4, 0.5) is 34.1 Å². The summed E-state index contributed by atoms with van der Waals surface area (Å²) >= 11 is 1.85. The van der Waals surface area contributed by atoms with Gasteiger partial charge in [-0.05, 0) is 107 Å². The first kappa shape index (κ1) is 37.0. The summed E-state index contributed by atoms with van der Waals surface area (Å²) in [6, 6.07) is 83.0. The Balaban J connectivity index is 1.01. The van der Waals surface area contributed by atoms with Crippen molar-refractivity contribution >= 4 is 87.6 Å². The van der Waals surface area contributed by atoms with Crippen LogP contribution in [-0.4, -0.2) is 0 Å². The van der Waals surface area contributed by atoms with Crippen molar-refractivity contribution in [2.24, 2.45) is 0 Å². The summed E-state index contributed by atoms with van der Waals surface area (Å²) in [5.41, 5.74) is 14.4. The summed E-state index contributed by atoms with van der Waals surface area (Å²) in [6.07, 6.45) is 0. The Hall–Kier alpha value is -8.38. The fourth-order valence-corrected chi connectivity index (χ4v) is 12.2. The standard InChI is InChI=1S/C61H38N2O2S/c1-3-17-39(18-4-1)62(42-33-35-45-44-22-9-14-32-57(44)66-58(45)38-42)41-34-36-49-47(37-41)43-21-7-10-24-48(43)61(49)50-25-11-13-30-55(50)65-60-51(61)26-15-28-53(60)63(40-19-5-2-6-20-40)52-27-16-31-56-59(52)46-23-8-12-29-54(46)64-56/h1-38H. The Morgan fingerprint density at radius 1 is 0.364 bits per heavy atom. The fourth-order valence-electron chi connectivity index (χ4n) is 11.0. The van der Waals surface area contributed by atoms with Crippen LogP contribution < -0.4 is 14.5 Å². The van der Waals surface area contributed by atoms with Crippen LogP contribution in [-0.2, 0) is 5.41 Å². The monoisotopic (exact) mass is 862 g/mol. The Morgan fingerprint density at radius 2 is 0.970 bits per heavy atom. The Labute approximate surface area is 385 Å². The zero-order valence-electron chi connectivity index (χ0n) is 35.6. The molecule has 12 aromatic rings. The fraction of sp³-hybridized carbons (Fsp3) is 0.0164. The van der Waals surface area contributed by atoms with E-state index < -0.39 is 5.41 Å². The van der Waals surface area contributed by atoms with Crippen molar-refractivity contribution in [2.75, 3.05) is 9.80 Å². The minimum atomic E-state index is -0.686. The molecule has 1 atom stereocenters. The van der Waals surface area contributed by atoms with Crippen LogP contribution in [0.3, 0.4) is 0 Å². The number of thiophene rings is 1. The highest BCUT2D eigenvalue weighted by molar-refractivity contribution is 7.25. The number of nitrogens with zero attached hydrogens (tertiary/aromatic N) is 2. The molecule has 2 aliphatic rings. The van der Waals surface area contributed by atoms with Crippen LogP contribution in [0.25, 0.3) is 53.2 Å². The van der Waals surface area contributed by atoms with Gasteiger partial charge in [0.25, 0.3) is 0 Å². The molecule has 1 aliphatic carbocycles. The highest BCUT2D eigenvalue weighted by atomic mass is 32.1. The first-order chi connectivity index (χ1) is 32.7. The van der Waals surface area contributed by atoms with Crippen LogP contribution in [0.5, 0.6) is 11.5 Å². The van der Waals surface area contributed by atoms with Crippen molar-refractivity contribution < 1.29 is 9.15 Å². The molecular formula is C61H38N2O2S. The van der Waals surface area contributed by atoms with Gasteiger partial charge in [0.05, 0.1) is 22.2 Å². The molecule has 0 fully saturated rings. The molecule has 0 saturated carbocycles. The molecule has 1 unspecified atom stereocenters. The molecular weight excluding hydrogens is 825 g/mol. The smallest absolute Gasteiger partial charge is 0.156 e. The van der Waals surface area contributed by atoms with Gasteiger partial charge in [-0.2, -0.15) is 0 Å². The average molecular weight is 863 g/mol. The molecule has 2 aromatic heterocycles. The molecule has 4 nitrogen and oxygen atoms in total. The lowest BCUT2D eigenvalue weighted by Crippen LogP contribution is -2.32. The van der Waals surface area contributed by atoms with E-state index in [9.17, 15) is 0 Å². The summed E-state index contributed by atoms with van der Waals surface area (Å²) in [4.78, 5) is 4.75. The third-order valence-electron chi connectivity index (χ3n) is 13.7. The molecule has 1 spiro atoms. The first-order valence-corrected chi connectivity index (χ1v) is 23.2. The van der Waals surface area contributed by atoms with Crippen LogP contribution in [0.15, 0.2) is 235 Å². The average Bonchev–Trinajstić information content (AvgIpc) is 4.04. The van der Waals surface area contributed by atoms with Gasteiger partial charge < -0.3 is 19.0 Å². The van der Waals surface area contributed by atoms with Gasteiger partial charge in [-0.1, -0.05) is 146 Å². The molecule has 0 saturated heterocycles. The van der Waals surface area contributed by atoms with Gasteiger partial charge >= 0.3 is 0 Å².